The average molecular weight is 366 g/mol. The van der Waals surface area contributed by atoms with Crippen LogP contribution in [0.3, 0.4) is 0 Å². The van der Waals surface area contributed by atoms with Gasteiger partial charge >= 0.3 is 0 Å². The van der Waals surface area contributed by atoms with Gasteiger partial charge in [-0.15, -0.1) is 11.3 Å². The maximum Gasteiger partial charge on any atom is 0.0374 e. The van der Waals surface area contributed by atoms with Crippen LogP contribution in [0.4, 0.5) is 0 Å². The molecule has 0 aliphatic heterocycles. The van der Waals surface area contributed by atoms with Crippen molar-refractivity contribution in [3.05, 3.63) is 55.2 Å². The maximum atomic E-state index is 3.74. The summed E-state index contributed by atoms with van der Waals surface area (Å²) in [5.41, 5.74) is 5.62. The molecule has 3 heteroatoms. The highest BCUT2D eigenvalue weighted by Crippen LogP contribution is 2.29. The molecule has 0 amide bonds. The fourth-order valence-corrected chi connectivity index (χ4v) is 4.50. The molecule has 114 valence electrons. The van der Waals surface area contributed by atoms with E-state index in [0.29, 0.717) is 6.04 Å². The Bertz CT molecular complexity index is 580. The van der Waals surface area contributed by atoms with E-state index in [2.05, 4.69) is 72.5 Å². The van der Waals surface area contributed by atoms with E-state index in [1.807, 2.05) is 11.3 Å². The van der Waals surface area contributed by atoms with Crippen LogP contribution in [-0.2, 0) is 6.42 Å². The largest absolute Gasteiger partial charge is 0.310 e. The third-order valence-corrected chi connectivity index (χ3v) is 5.47. The molecule has 0 aliphatic carbocycles. The Balaban J connectivity index is 2.31. The Morgan fingerprint density at radius 2 is 1.81 bits per heavy atom. The van der Waals surface area contributed by atoms with Crippen molar-refractivity contribution in [3.63, 3.8) is 0 Å². The number of aryl methyl sites for hydroxylation is 3. The quantitative estimate of drug-likeness (QED) is 0.690. The first-order valence-corrected chi connectivity index (χ1v) is 9.22. The number of benzene rings is 1. The monoisotopic (exact) mass is 365 g/mol. The van der Waals surface area contributed by atoms with Crippen LogP contribution in [0.15, 0.2) is 28.1 Å². The highest BCUT2D eigenvalue weighted by molar-refractivity contribution is 9.10. The molecule has 1 aromatic heterocycles. The van der Waals surface area contributed by atoms with Gasteiger partial charge in [0.15, 0.2) is 0 Å². The lowest BCUT2D eigenvalue weighted by Crippen LogP contribution is -2.25. The predicted molar refractivity (Wildman–Crippen MR) is 97.4 cm³/mol. The van der Waals surface area contributed by atoms with E-state index in [-0.39, 0.29) is 0 Å². The lowest BCUT2D eigenvalue weighted by atomic mass is 9.92. The highest BCUT2D eigenvalue weighted by atomic mass is 79.9. The summed E-state index contributed by atoms with van der Waals surface area (Å²) in [4.78, 5) is 1.43. The number of hydrogen-bond acceptors (Lipinski definition) is 2. The molecule has 0 radical (unpaired) electrons. The fraction of sp³-hybridized carbons (Fsp3) is 0.444. The van der Waals surface area contributed by atoms with Gasteiger partial charge in [-0.25, -0.2) is 0 Å². The van der Waals surface area contributed by atoms with Gasteiger partial charge in [0.2, 0.25) is 0 Å². The Labute approximate surface area is 140 Å². The molecule has 1 heterocycles. The molecule has 1 aromatic carbocycles. The lowest BCUT2D eigenvalue weighted by Gasteiger charge is -2.23. The Kier molecular flexibility index (Phi) is 6.03. The van der Waals surface area contributed by atoms with Crippen LogP contribution in [0.1, 0.15) is 46.5 Å². The second-order valence-corrected chi connectivity index (χ2v) is 7.67. The average Bonchev–Trinajstić information content (AvgIpc) is 2.80. The first-order chi connectivity index (χ1) is 10.0. The van der Waals surface area contributed by atoms with Crippen LogP contribution in [0, 0.1) is 20.8 Å². The zero-order chi connectivity index (χ0) is 15.4. The smallest absolute Gasteiger partial charge is 0.0374 e. The first-order valence-electron chi connectivity index (χ1n) is 7.55. The van der Waals surface area contributed by atoms with Crippen LogP contribution in [-0.4, -0.2) is 6.54 Å². The third-order valence-electron chi connectivity index (χ3n) is 3.75. The molecular weight excluding hydrogens is 342 g/mol. The van der Waals surface area contributed by atoms with Crippen LogP contribution < -0.4 is 5.32 Å². The van der Waals surface area contributed by atoms with Gasteiger partial charge in [-0.3, -0.25) is 0 Å². The molecule has 0 bridgehead atoms. The summed E-state index contributed by atoms with van der Waals surface area (Å²) in [6, 6.07) is 7.24. The van der Waals surface area contributed by atoms with Crippen LogP contribution >= 0.6 is 27.3 Å². The molecule has 0 saturated heterocycles. The zero-order valence-corrected chi connectivity index (χ0v) is 15.7. The van der Waals surface area contributed by atoms with Crippen molar-refractivity contribution in [2.45, 2.75) is 46.6 Å². The SMILES string of the molecule is CCCNC(Cc1cc(Br)cs1)c1c(C)cc(C)cc1C. The van der Waals surface area contributed by atoms with E-state index in [1.54, 1.807) is 0 Å². The van der Waals surface area contributed by atoms with Crippen molar-refractivity contribution < 1.29 is 0 Å². The lowest BCUT2D eigenvalue weighted by molar-refractivity contribution is 0.528. The summed E-state index contributed by atoms with van der Waals surface area (Å²) in [7, 11) is 0. The molecule has 1 unspecified atom stereocenters. The number of rotatable bonds is 6. The predicted octanol–water partition coefficient (Wildman–Crippen LogP) is 5.72. The van der Waals surface area contributed by atoms with Crippen LogP contribution in [0.5, 0.6) is 0 Å². The molecule has 1 N–H and O–H groups in total. The van der Waals surface area contributed by atoms with E-state index < -0.39 is 0 Å². The zero-order valence-electron chi connectivity index (χ0n) is 13.3. The van der Waals surface area contributed by atoms with E-state index in [0.717, 1.165) is 19.4 Å². The minimum Gasteiger partial charge on any atom is -0.310 e. The normalized spacial score (nSPS) is 12.6. The topological polar surface area (TPSA) is 12.0 Å². The van der Waals surface area contributed by atoms with Gasteiger partial charge in [-0.1, -0.05) is 24.6 Å². The van der Waals surface area contributed by atoms with Gasteiger partial charge in [0.1, 0.15) is 0 Å². The molecular formula is C18H24BrNS. The van der Waals surface area contributed by atoms with Crippen molar-refractivity contribution in [1.29, 1.82) is 0 Å². The number of halogens is 1. The van der Waals surface area contributed by atoms with E-state index >= 15 is 0 Å². The molecule has 1 atom stereocenters. The van der Waals surface area contributed by atoms with E-state index in [1.165, 1.54) is 31.6 Å². The third kappa shape index (κ3) is 4.41. The van der Waals surface area contributed by atoms with Crippen LogP contribution in [0.2, 0.25) is 0 Å². The first kappa shape index (κ1) is 16.7. The maximum absolute atomic E-state index is 3.74. The minimum absolute atomic E-state index is 0.399. The summed E-state index contributed by atoms with van der Waals surface area (Å²) in [5.74, 6) is 0. The molecule has 0 saturated carbocycles. The number of thiophene rings is 1. The van der Waals surface area contributed by atoms with Gasteiger partial charge in [-0.05, 0) is 72.4 Å². The molecule has 21 heavy (non-hydrogen) atoms. The highest BCUT2D eigenvalue weighted by Gasteiger charge is 2.17. The molecule has 0 aliphatic rings. The molecule has 2 aromatic rings. The second kappa shape index (κ2) is 7.57. The van der Waals surface area contributed by atoms with Crippen molar-refractivity contribution in [2.24, 2.45) is 0 Å². The summed E-state index contributed by atoms with van der Waals surface area (Å²) >= 11 is 5.39. The van der Waals surface area contributed by atoms with Gasteiger partial charge in [0, 0.05) is 27.2 Å². The van der Waals surface area contributed by atoms with Crippen LogP contribution in [0.25, 0.3) is 0 Å². The summed E-state index contributed by atoms with van der Waals surface area (Å²) in [6.45, 7) is 9.93. The van der Waals surface area contributed by atoms with Crippen molar-refractivity contribution in [1.82, 2.24) is 5.32 Å². The van der Waals surface area contributed by atoms with E-state index in [9.17, 15) is 0 Å². The molecule has 2 rings (SSSR count). The summed E-state index contributed by atoms with van der Waals surface area (Å²) in [6.07, 6.45) is 2.22. The van der Waals surface area contributed by atoms with Gasteiger partial charge < -0.3 is 5.32 Å². The summed E-state index contributed by atoms with van der Waals surface area (Å²) < 4.78 is 1.19. The Morgan fingerprint density at radius 3 is 2.33 bits per heavy atom. The van der Waals surface area contributed by atoms with Crippen molar-refractivity contribution in [2.75, 3.05) is 6.54 Å². The minimum atomic E-state index is 0.399. The van der Waals surface area contributed by atoms with Crippen molar-refractivity contribution in [3.8, 4) is 0 Å². The van der Waals surface area contributed by atoms with Gasteiger partial charge in [0.05, 0.1) is 0 Å². The standard InChI is InChI=1S/C18H24BrNS/c1-5-6-20-17(10-16-9-15(19)11-21-16)18-13(3)7-12(2)8-14(18)4/h7-9,11,17,20H,5-6,10H2,1-4H3. The number of hydrogen-bond donors (Lipinski definition) is 1. The summed E-state index contributed by atoms with van der Waals surface area (Å²) in [5, 5.41) is 5.90. The van der Waals surface area contributed by atoms with Gasteiger partial charge in [0.25, 0.3) is 0 Å². The van der Waals surface area contributed by atoms with E-state index in [4.69, 9.17) is 0 Å². The second-order valence-electron chi connectivity index (χ2n) is 5.75. The fourth-order valence-electron chi connectivity index (χ4n) is 3.00. The van der Waals surface area contributed by atoms with Crippen molar-refractivity contribution >= 4 is 27.3 Å². The molecule has 1 nitrogen and oxygen atoms in total. The number of nitrogens with one attached hydrogen (secondary N) is 1. The molecule has 0 fully saturated rings. The Hall–Kier alpha value is -0.640. The van der Waals surface area contributed by atoms with Gasteiger partial charge in [-0.2, -0.15) is 0 Å². The molecule has 0 spiro atoms. The Morgan fingerprint density at radius 1 is 1.14 bits per heavy atom.